The van der Waals surface area contributed by atoms with Crippen LogP contribution in [0.25, 0.3) is 5.69 Å². The summed E-state index contributed by atoms with van der Waals surface area (Å²) in [5, 5.41) is 13.8. The van der Waals surface area contributed by atoms with Crippen molar-refractivity contribution in [2.24, 2.45) is 0 Å². The van der Waals surface area contributed by atoms with Gasteiger partial charge in [-0.2, -0.15) is 5.10 Å². The number of carbonyl (C=O) groups is 2. The predicted molar refractivity (Wildman–Crippen MR) is 95.9 cm³/mol. The molecule has 1 aromatic carbocycles. The Morgan fingerprint density at radius 1 is 1.04 bits per heavy atom. The van der Waals surface area contributed by atoms with E-state index in [0.29, 0.717) is 32.5 Å². The van der Waals surface area contributed by atoms with Gasteiger partial charge in [0.1, 0.15) is 0 Å². The van der Waals surface area contributed by atoms with E-state index < -0.39 is 6.09 Å². The minimum Gasteiger partial charge on any atom is -0.465 e. The van der Waals surface area contributed by atoms with E-state index in [-0.39, 0.29) is 6.03 Å². The number of rotatable bonds is 2. The molecule has 0 atom stereocenters. The quantitative estimate of drug-likeness (QED) is 0.891. The van der Waals surface area contributed by atoms with Crippen LogP contribution in [0.1, 0.15) is 11.3 Å². The number of carbonyl (C=O) groups excluding carboxylic acids is 1. The Labute approximate surface area is 151 Å². The normalized spacial score (nSPS) is 17.4. The number of benzene rings is 1. The Morgan fingerprint density at radius 2 is 1.73 bits per heavy atom. The van der Waals surface area contributed by atoms with Gasteiger partial charge >= 0.3 is 12.1 Å². The third-order valence-corrected chi connectivity index (χ3v) is 5.06. The Bertz CT molecular complexity index is 820. The second-order valence-corrected chi connectivity index (χ2v) is 6.69. The zero-order chi connectivity index (χ0) is 18.3. The predicted octanol–water partition coefficient (Wildman–Crippen LogP) is 1.82. The molecule has 4 rings (SSSR count). The number of likely N-dealkylation sites (N-methyl/N-ethyl adjacent to an activating group) is 1. The fourth-order valence-corrected chi connectivity index (χ4v) is 3.47. The van der Waals surface area contributed by atoms with E-state index >= 15 is 0 Å². The van der Waals surface area contributed by atoms with Crippen molar-refractivity contribution >= 4 is 17.8 Å². The van der Waals surface area contributed by atoms with Crippen LogP contribution in [0, 0.1) is 0 Å². The van der Waals surface area contributed by atoms with Gasteiger partial charge in [-0.25, -0.2) is 14.3 Å². The summed E-state index contributed by atoms with van der Waals surface area (Å²) in [5.41, 5.74) is 3.86. The molecule has 0 aliphatic carbocycles. The molecule has 0 saturated carbocycles. The molecule has 0 unspecified atom stereocenters. The highest BCUT2D eigenvalue weighted by Gasteiger charge is 2.26. The topological polar surface area (TPSA) is 81.9 Å². The highest BCUT2D eigenvalue weighted by Crippen LogP contribution is 2.23. The molecule has 0 bridgehead atoms. The molecule has 3 amide bonds. The molecule has 1 N–H and O–H groups in total. The smallest absolute Gasteiger partial charge is 0.407 e. The summed E-state index contributed by atoms with van der Waals surface area (Å²) in [7, 11) is 1.80. The van der Waals surface area contributed by atoms with Crippen LogP contribution in [-0.4, -0.2) is 70.0 Å². The number of hydrogen-bond donors (Lipinski definition) is 1. The van der Waals surface area contributed by atoms with Crippen molar-refractivity contribution in [3.8, 4) is 5.69 Å². The summed E-state index contributed by atoms with van der Waals surface area (Å²) >= 11 is 0. The van der Waals surface area contributed by atoms with Crippen LogP contribution in [0.5, 0.6) is 0 Å². The second kappa shape index (κ2) is 6.36. The zero-order valence-electron chi connectivity index (χ0n) is 14.6. The van der Waals surface area contributed by atoms with Crippen molar-refractivity contribution < 1.29 is 14.7 Å². The fraction of sp³-hybridized carbons (Fsp3) is 0.389. The fourth-order valence-electron chi connectivity index (χ4n) is 3.47. The number of nitrogens with zero attached hydrogens (tertiary/aromatic N) is 5. The molecule has 2 aliphatic rings. The first-order valence-corrected chi connectivity index (χ1v) is 8.71. The van der Waals surface area contributed by atoms with Gasteiger partial charge in [-0.05, 0) is 36.2 Å². The monoisotopic (exact) mass is 355 g/mol. The number of carboxylic acid groups (broad SMARTS) is 1. The average molecular weight is 355 g/mol. The molecule has 2 aliphatic heterocycles. The van der Waals surface area contributed by atoms with Crippen LogP contribution >= 0.6 is 0 Å². The lowest BCUT2D eigenvalue weighted by molar-refractivity contribution is 0.147. The lowest BCUT2D eigenvalue weighted by atomic mass is 10.2. The summed E-state index contributed by atoms with van der Waals surface area (Å²) in [6.07, 6.45) is 2.40. The minimum absolute atomic E-state index is 0.0199. The maximum absolute atomic E-state index is 12.1. The van der Waals surface area contributed by atoms with E-state index in [1.807, 2.05) is 35.1 Å². The minimum atomic E-state index is -0.874. The van der Waals surface area contributed by atoms with E-state index in [9.17, 15) is 9.59 Å². The Kier molecular flexibility index (Phi) is 4.02. The first kappa shape index (κ1) is 16.4. The van der Waals surface area contributed by atoms with E-state index in [1.54, 1.807) is 16.8 Å². The van der Waals surface area contributed by atoms with Crippen LogP contribution in [0.3, 0.4) is 0 Å². The van der Waals surface area contributed by atoms with Crippen LogP contribution < -0.4 is 4.90 Å². The number of fused-ring (bicyclic) bond motifs is 1. The standard InChI is InChI=1S/C18H21N5O3/c1-20-10-11-22(17(20)24)14-2-4-15(5-3-14)23-12-13-6-8-21(18(25)26)9-7-16(13)19-23/h2-5,12H,6-11H2,1H3,(H,25,26). The summed E-state index contributed by atoms with van der Waals surface area (Å²) in [6, 6.07) is 7.80. The summed E-state index contributed by atoms with van der Waals surface area (Å²) in [6.45, 7) is 2.41. The largest absolute Gasteiger partial charge is 0.465 e. The van der Waals surface area contributed by atoms with Gasteiger partial charge in [0.05, 0.1) is 11.4 Å². The van der Waals surface area contributed by atoms with Gasteiger partial charge in [0.2, 0.25) is 0 Å². The summed E-state index contributed by atoms with van der Waals surface area (Å²) in [5.74, 6) is 0. The first-order chi connectivity index (χ1) is 12.5. The van der Waals surface area contributed by atoms with E-state index in [4.69, 9.17) is 5.11 Å². The number of hydrogen-bond acceptors (Lipinski definition) is 3. The second-order valence-electron chi connectivity index (χ2n) is 6.69. The number of anilines is 1. The van der Waals surface area contributed by atoms with Gasteiger partial charge < -0.3 is 14.9 Å². The van der Waals surface area contributed by atoms with E-state index in [1.165, 1.54) is 4.90 Å². The summed E-state index contributed by atoms with van der Waals surface area (Å²) < 4.78 is 1.84. The number of amides is 3. The Hall–Kier alpha value is -3.03. The molecular weight excluding hydrogens is 334 g/mol. The van der Waals surface area contributed by atoms with Gasteiger partial charge in [-0.15, -0.1) is 0 Å². The van der Waals surface area contributed by atoms with Crippen LogP contribution in [0.2, 0.25) is 0 Å². The van der Waals surface area contributed by atoms with Gasteiger partial charge in [0.25, 0.3) is 0 Å². The van der Waals surface area contributed by atoms with Crippen molar-refractivity contribution in [3.05, 3.63) is 41.7 Å². The zero-order valence-corrected chi connectivity index (χ0v) is 14.6. The molecule has 3 heterocycles. The van der Waals surface area contributed by atoms with Crippen LogP contribution in [0.15, 0.2) is 30.5 Å². The third-order valence-electron chi connectivity index (χ3n) is 5.06. The molecule has 1 saturated heterocycles. The molecule has 0 radical (unpaired) electrons. The van der Waals surface area contributed by atoms with Crippen LogP contribution in [-0.2, 0) is 12.8 Å². The summed E-state index contributed by atoms with van der Waals surface area (Å²) in [4.78, 5) is 28.1. The molecule has 2 aromatic rings. The molecule has 0 spiro atoms. The average Bonchev–Trinajstić information content (AvgIpc) is 3.12. The molecule has 8 heteroatoms. The van der Waals surface area contributed by atoms with Crippen molar-refractivity contribution in [2.45, 2.75) is 12.8 Å². The Morgan fingerprint density at radius 3 is 2.38 bits per heavy atom. The van der Waals surface area contributed by atoms with Crippen molar-refractivity contribution in [1.29, 1.82) is 0 Å². The van der Waals surface area contributed by atoms with Gasteiger partial charge in [0, 0.05) is 51.5 Å². The highest BCUT2D eigenvalue weighted by molar-refractivity contribution is 5.94. The maximum atomic E-state index is 12.1. The van der Waals surface area contributed by atoms with Crippen LogP contribution in [0.4, 0.5) is 15.3 Å². The van der Waals surface area contributed by atoms with Gasteiger partial charge in [-0.1, -0.05) is 0 Å². The maximum Gasteiger partial charge on any atom is 0.407 e. The molecule has 1 fully saturated rings. The highest BCUT2D eigenvalue weighted by atomic mass is 16.4. The SMILES string of the molecule is CN1CCN(c2ccc(-n3cc4c(n3)CCN(C(=O)O)CC4)cc2)C1=O. The number of aromatic nitrogens is 2. The third kappa shape index (κ3) is 2.87. The number of urea groups is 1. The lowest BCUT2D eigenvalue weighted by Gasteiger charge is -2.16. The molecule has 1 aromatic heterocycles. The molecule has 136 valence electrons. The lowest BCUT2D eigenvalue weighted by Crippen LogP contribution is -2.31. The van der Waals surface area contributed by atoms with Gasteiger partial charge in [0.15, 0.2) is 0 Å². The Balaban J connectivity index is 1.52. The van der Waals surface area contributed by atoms with Gasteiger partial charge in [-0.3, -0.25) is 4.90 Å². The first-order valence-electron chi connectivity index (χ1n) is 8.71. The van der Waals surface area contributed by atoms with E-state index in [2.05, 4.69) is 5.10 Å². The van der Waals surface area contributed by atoms with Crippen molar-refractivity contribution in [1.82, 2.24) is 19.6 Å². The molecular formula is C18H21N5O3. The van der Waals surface area contributed by atoms with Crippen molar-refractivity contribution in [2.75, 3.05) is 38.1 Å². The van der Waals surface area contributed by atoms with Crippen molar-refractivity contribution in [3.63, 3.8) is 0 Å². The molecule has 26 heavy (non-hydrogen) atoms. The molecule has 8 nitrogen and oxygen atoms in total. The van der Waals surface area contributed by atoms with E-state index in [0.717, 1.165) is 29.2 Å².